The lowest BCUT2D eigenvalue weighted by atomic mass is 9.93. The van der Waals surface area contributed by atoms with Crippen LogP contribution in [0.15, 0.2) is 0 Å². The molecule has 2 N–H and O–H groups in total. The smallest absolute Gasteiger partial charge is 0.235 e. The van der Waals surface area contributed by atoms with Gasteiger partial charge in [0.05, 0.1) is 12.1 Å². The zero-order chi connectivity index (χ0) is 15.9. The number of ether oxygens (including phenoxy) is 1. The standard InChI is InChI=1S/C16H28N2O3/c1-5-15(6-2,7-3)17-14(19)12-18(4)13-16(20)8-10-21-11-9-16/h1,20H,6-13H2,2-4H3,(H,17,19). The first-order valence-electron chi connectivity index (χ1n) is 7.66. The zero-order valence-electron chi connectivity index (χ0n) is 13.4. The molecule has 21 heavy (non-hydrogen) atoms. The van der Waals surface area contributed by atoms with E-state index < -0.39 is 11.1 Å². The monoisotopic (exact) mass is 296 g/mol. The molecule has 0 unspecified atom stereocenters. The van der Waals surface area contributed by atoms with Gasteiger partial charge in [0.1, 0.15) is 5.54 Å². The Morgan fingerprint density at radius 1 is 1.43 bits per heavy atom. The number of terminal acetylenes is 1. The van der Waals surface area contributed by atoms with E-state index in [1.807, 2.05) is 25.8 Å². The molecular weight excluding hydrogens is 268 g/mol. The summed E-state index contributed by atoms with van der Waals surface area (Å²) in [6, 6.07) is 0. The lowest BCUT2D eigenvalue weighted by molar-refractivity contribution is -0.125. The van der Waals surface area contributed by atoms with Crippen molar-refractivity contribution in [1.29, 1.82) is 0 Å². The number of likely N-dealkylation sites (N-methyl/N-ethyl adjacent to an activating group) is 1. The van der Waals surface area contributed by atoms with E-state index in [0.29, 0.717) is 45.4 Å². The van der Waals surface area contributed by atoms with E-state index in [9.17, 15) is 9.90 Å². The van der Waals surface area contributed by atoms with Gasteiger partial charge in [-0.2, -0.15) is 0 Å². The Bertz CT molecular complexity index is 379. The van der Waals surface area contributed by atoms with Crippen LogP contribution in [-0.4, -0.2) is 60.4 Å². The summed E-state index contributed by atoms with van der Waals surface area (Å²) in [7, 11) is 1.84. The maximum Gasteiger partial charge on any atom is 0.235 e. The predicted molar refractivity (Wildman–Crippen MR) is 82.8 cm³/mol. The SMILES string of the molecule is C#CC(CC)(CC)NC(=O)CN(C)CC1(O)CCOCC1. The van der Waals surface area contributed by atoms with Crippen LogP contribution in [0.1, 0.15) is 39.5 Å². The quantitative estimate of drug-likeness (QED) is 0.681. The fourth-order valence-corrected chi connectivity index (χ4v) is 2.69. The molecule has 0 saturated carbocycles. The summed E-state index contributed by atoms with van der Waals surface area (Å²) in [6.07, 6.45) is 8.17. The number of rotatable bonds is 7. The topological polar surface area (TPSA) is 61.8 Å². The Morgan fingerprint density at radius 3 is 2.48 bits per heavy atom. The van der Waals surface area contributed by atoms with Gasteiger partial charge in [0.15, 0.2) is 0 Å². The molecule has 0 radical (unpaired) electrons. The summed E-state index contributed by atoms with van der Waals surface area (Å²) >= 11 is 0. The van der Waals surface area contributed by atoms with Crippen molar-refractivity contribution < 1.29 is 14.6 Å². The molecule has 5 nitrogen and oxygen atoms in total. The van der Waals surface area contributed by atoms with Crippen LogP contribution in [-0.2, 0) is 9.53 Å². The molecular formula is C16H28N2O3. The molecule has 0 spiro atoms. The fourth-order valence-electron chi connectivity index (χ4n) is 2.69. The first-order valence-corrected chi connectivity index (χ1v) is 7.66. The van der Waals surface area contributed by atoms with Crippen LogP contribution in [0.4, 0.5) is 0 Å². The molecule has 1 heterocycles. The van der Waals surface area contributed by atoms with Crippen molar-refractivity contribution in [3.8, 4) is 12.3 Å². The van der Waals surface area contributed by atoms with E-state index in [0.717, 1.165) is 0 Å². The van der Waals surface area contributed by atoms with E-state index >= 15 is 0 Å². The minimum atomic E-state index is -0.758. The maximum absolute atomic E-state index is 12.1. The van der Waals surface area contributed by atoms with E-state index in [2.05, 4.69) is 11.2 Å². The highest BCUT2D eigenvalue weighted by atomic mass is 16.5. The molecule has 1 amide bonds. The van der Waals surface area contributed by atoms with Gasteiger partial charge in [0.2, 0.25) is 5.91 Å². The fraction of sp³-hybridized carbons (Fsp3) is 0.812. The van der Waals surface area contributed by atoms with Gasteiger partial charge in [0.25, 0.3) is 0 Å². The van der Waals surface area contributed by atoms with Crippen LogP contribution in [0.2, 0.25) is 0 Å². The molecule has 1 fully saturated rings. The molecule has 1 aliphatic heterocycles. The van der Waals surface area contributed by atoms with Crippen molar-refractivity contribution in [3.63, 3.8) is 0 Å². The van der Waals surface area contributed by atoms with Gasteiger partial charge < -0.3 is 15.2 Å². The van der Waals surface area contributed by atoms with Crippen LogP contribution in [0.5, 0.6) is 0 Å². The highest BCUT2D eigenvalue weighted by Gasteiger charge is 2.32. The third kappa shape index (κ3) is 5.31. The highest BCUT2D eigenvalue weighted by Crippen LogP contribution is 2.21. The maximum atomic E-state index is 12.1. The molecule has 0 aromatic carbocycles. The number of amides is 1. The van der Waals surface area contributed by atoms with E-state index in [1.54, 1.807) is 0 Å². The number of carbonyl (C=O) groups excluding carboxylic acids is 1. The number of nitrogens with zero attached hydrogens (tertiary/aromatic N) is 1. The number of aliphatic hydroxyl groups is 1. The zero-order valence-corrected chi connectivity index (χ0v) is 13.4. The Morgan fingerprint density at radius 2 is 2.00 bits per heavy atom. The van der Waals surface area contributed by atoms with Crippen LogP contribution >= 0.6 is 0 Å². The van der Waals surface area contributed by atoms with Crippen molar-refractivity contribution in [2.24, 2.45) is 0 Å². The second-order valence-corrected chi connectivity index (χ2v) is 5.99. The lowest BCUT2D eigenvalue weighted by Crippen LogP contribution is -2.52. The van der Waals surface area contributed by atoms with E-state index in [1.165, 1.54) is 0 Å². The largest absolute Gasteiger partial charge is 0.388 e. The normalized spacial score (nSPS) is 18.3. The van der Waals surface area contributed by atoms with Crippen molar-refractivity contribution in [2.45, 2.75) is 50.7 Å². The molecule has 0 aromatic heterocycles. The van der Waals surface area contributed by atoms with Crippen LogP contribution < -0.4 is 5.32 Å². The van der Waals surface area contributed by atoms with Gasteiger partial charge in [-0.05, 0) is 19.9 Å². The molecule has 1 aliphatic rings. The molecule has 0 aromatic rings. The Hall–Kier alpha value is -1.09. The van der Waals surface area contributed by atoms with Gasteiger partial charge in [-0.3, -0.25) is 9.69 Å². The number of nitrogens with one attached hydrogen (secondary N) is 1. The molecule has 1 rings (SSSR count). The predicted octanol–water partition coefficient (Wildman–Crippen LogP) is 0.768. The minimum Gasteiger partial charge on any atom is -0.388 e. The second kappa shape index (κ2) is 7.79. The summed E-state index contributed by atoms with van der Waals surface area (Å²) in [5.41, 5.74) is -1.32. The van der Waals surface area contributed by atoms with Gasteiger partial charge in [-0.25, -0.2) is 0 Å². The number of hydrogen-bond donors (Lipinski definition) is 2. The Balaban J connectivity index is 2.48. The minimum absolute atomic E-state index is 0.102. The molecule has 0 bridgehead atoms. The van der Waals surface area contributed by atoms with Gasteiger partial charge in [0, 0.05) is 32.6 Å². The summed E-state index contributed by atoms with van der Waals surface area (Å²) in [5.74, 6) is 2.59. The third-order valence-corrected chi connectivity index (χ3v) is 4.26. The van der Waals surface area contributed by atoms with E-state index in [-0.39, 0.29) is 12.5 Å². The van der Waals surface area contributed by atoms with Crippen LogP contribution in [0, 0.1) is 12.3 Å². The molecule has 5 heteroatoms. The molecule has 0 atom stereocenters. The lowest BCUT2D eigenvalue weighted by Gasteiger charge is -2.35. The van der Waals surface area contributed by atoms with Crippen LogP contribution in [0.3, 0.4) is 0 Å². The molecule has 0 aliphatic carbocycles. The summed E-state index contributed by atoms with van der Waals surface area (Å²) in [6.45, 7) is 5.78. The summed E-state index contributed by atoms with van der Waals surface area (Å²) < 4.78 is 5.26. The van der Waals surface area contributed by atoms with Crippen molar-refractivity contribution in [2.75, 3.05) is 33.4 Å². The van der Waals surface area contributed by atoms with Gasteiger partial charge >= 0.3 is 0 Å². The Kier molecular flexibility index (Phi) is 6.66. The van der Waals surface area contributed by atoms with Crippen molar-refractivity contribution >= 4 is 5.91 Å². The first kappa shape index (κ1) is 18.0. The third-order valence-electron chi connectivity index (χ3n) is 4.26. The van der Waals surface area contributed by atoms with Crippen molar-refractivity contribution in [1.82, 2.24) is 10.2 Å². The number of carbonyl (C=O) groups is 1. The Labute approximate surface area is 128 Å². The summed E-state index contributed by atoms with van der Waals surface area (Å²) in [4.78, 5) is 14.0. The molecule has 120 valence electrons. The average Bonchev–Trinajstić information content (AvgIpc) is 2.45. The van der Waals surface area contributed by atoms with Gasteiger partial charge in [-0.15, -0.1) is 6.42 Å². The highest BCUT2D eigenvalue weighted by molar-refractivity contribution is 5.79. The second-order valence-electron chi connectivity index (χ2n) is 5.99. The van der Waals surface area contributed by atoms with Crippen molar-refractivity contribution in [3.05, 3.63) is 0 Å². The molecule has 1 saturated heterocycles. The number of hydrogen-bond acceptors (Lipinski definition) is 4. The first-order chi connectivity index (χ1) is 9.88. The average molecular weight is 296 g/mol. The van der Waals surface area contributed by atoms with Gasteiger partial charge in [-0.1, -0.05) is 19.8 Å². The van der Waals surface area contributed by atoms with Crippen LogP contribution in [0.25, 0.3) is 0 Å². The summed E-state index contributed by atoms with van der Waals surface area (Å²) in [5, 5.41) is 13.4. The van der Waals surface area contributed by atoms with E-state index in [4.69, 9.17) is 11.2 Å².